The van der Waals surface area contributed by atoms with E-state index in [1.807, 2.05) is 0 Å². The van der Waals surface area contributed by atoms with Crippen LogP contribution in [-0.2, 0) is 9.59 Å². The van der Waals surface area contributed by atoms with E-state index in [1.54, 1.807) is 48.5 Å². The van der Waals surface area contributed by atoms with Gasteiger partial charge >= 0.3 is 6.03 Å². The lowest BCUT2D eigenvalue weighted by molar-refractivity contribution is -0.119. The number of benzene rings is 2. The van der Waals surface area contributed by atoms with E-state index in [-0.39, 0.29) is 31.2 Å². The second kappa shape index (κ2) is 10.5. The van der Waals surface area contributed by atoms with Crippen molar-refractivity contribution in [3.8, 4) is 0 Å². The van der Waals surface area contributed by atoms with Crippen LogP contribution in [0, 0.1) is 0 Å². The predicted octanol–water partition coefficient (Wildman–Crippen LogP) is 3.17. The van der Waals surface area contributed by atoms with Gasteiger partial charge < -0.3 is 26.0 Å². The molecule has 1 saturated heterocycles. The normalized spacial score (nSPS) is 17.8. The third-order valence-corrected chi connectivity index (χ3v) is 5.28. The second-order valence-electron chi connectivity index (χ2n) is 7.09. The molecule has 1 aliphatic rings. The lowest BCUT2D eigenvalue weighted by atomic mass is 10.1. The summed E-state index contributed by atoms with van der Waals surface area (Å²) >= 11 is 11.3. The lowest BCUT2D eigenvalue weighted by Crippen LogP contribution is -2.45. The maximum atomic E-state index is 12.8. The van der Waals surface area contributed by atoms with Gasteiger partial charge in [-0.2, -0.15) is 0 Å². The van der Waals surface area contributed by atoms with Crippen molar-refractivity contribution in [2.75, 3.05) is 34.9 Å². The van der Waals surface area contributed by atoms with E-state index in [0.717, 1.165) is 0 Å². The van der Waals surface area contributed by atoms with Crippen LogP contribution >= 0.6 is 23.2 Å². The summed E-state index contributed by atoms with van der Waals surface area (Å²) in [7, 11) is 0. The maximum Gasteiger partial charge on any atom is 0.322 e. The molecule has 0 radical (unpaired) electrons. The molecule has 2 atom stereocenters. The van der Waals surface area contributed by atoms with Crippen molar-refractivity contribution in [2.45, 2.75) is 18.6 Å². The minimum atomic E-state index is -0.818. The Morgan fingerprint density at radius 2 is 1.55 bits per heavy atom. The van der Waals surface area contributed by atoms with E-state index < -0.39 is 24.1 Å². The Hall–Kier alpha value is -2.81. The summed E-state index contributed by atoms with van der Waals surface area (Å²) < 4.78 is 0. The summed E-state index contributed by atoms with van der Waals surface area (Å²) in [5.41, 5.74) is 1.76. The molecule has 1 aliphatic heterocycles. The van der Waals surface area contributed by atoms with E-state index in [2.05, 4.69) is 16.0 Å². The van der Waals surface area contributed by atoms with Gasteiger partial charge in [-0.15, -0.1) is 11.6 Å². The van der Waals surface area contributed by atoms with Crippen molar-refractivity contribution >= 4 is 58.0 Å². The minimum absolute atomic E-state index is 0.0506. The molecule has 2 aromatic carbocycles. The van der Waals surface area contributed by atoms with Gasteiger partial charge in [0.1, 0.15) is 6.04 Å². The van der Waals surface area contributed by atoms with Crippen molar-refractivity contribution in [3.05, 3.63) is 53.6 Å². The smallest absolute Gasteiger partial charge is 0.322 e. The molecule has 0 unspecified atom stereocenters. The molecule has 1 heterocycles. The number of anilines is 3. The quantitative estimate of drug-likeness (QED) is 0.470. The van der Waals surface area contributed by atoms with Crippen LogP contribution in [0.1, 0.15) is 6.42 Å². The summed E-state index contributed by atoms with van der Waals surface area (Å²) in [4.78, 5) is 38.0. The van der Waals surface area contributed by atoms with Gasteiger partial charge in [-0.05, 0) is 48.5 Å². The third-order valence-electron chi connectivity index (χ3n) is 4.73. The van der Waals surface area contributed by atoms with Crippen LogP contribution in [0.2, 0.25) is 5.02 Å². The number of urea groups is 1. The van der Waals surface area contributed by atoms with Gasteiger partial charge in [0.25, 0.3) is 0 Å². The number of carbonyl (C=O) groups is 3. The first-order chi connectivity index (χ1) is 14.9. The monoisotopic (exact) mass is 464 g/mol. The standard InChI is InChI=1S/C21H22Cl2N4O4/c22-10-18(29)11-24-14-5-7-15(8-6-14)25-20(30)19-9-17(28)12-27(19)21(31)26-16-3-1-13(23)2-4-16/h1-8,17,19,24,28H,9-12H2,(H,25,30)(H,26,31)/t17-,19-/m1/s1. The van der Waals surface area contributed by atoms with Crippen LogP contribution in [-0.4, -0.2) is 58.8 Å². The number of hydrogen-bond acceptors (Lipinski definition) is 5. The molecule has 0 saturated carbocycles. The van der Waals surface area contributed by atoms with Gasteiger partial charge in [0.15, 0.2) is 5.78 Å². The van der Waals surface area contributed by atoms with Crippen molar-refractivity contribution in [1.29, 1.82) is 0 Å². The average molecular weight is 465 g/mol. The molecular weight excluding hydrogens is 443 g/mol. The summed E-state index contributed by atoms with van der Waals surface area (Å²) in [6.07, 6.45) is -0.655. The number of aliphatic hydroxyl groups is 1. The molecule has 2 aromatic rings. The minimum Gasteiger partial charge on any atom is -0.391 e. The first-order valence-corrected chi connectivity index (χ1v) is 10.5. The molecule has 0 spiro atoms. The van der Waals surface area contributed by atoms with Gasteiger partial charge in [-0.3, -0.25) is 9.59 Å². The van der Waals surface area contributed by atoms with Crippen LogP contribution < -0.4 is 16.0 Å². The topological polar surface area (TPSA) is 111 Å². The molecule has 164 valence electrons. The number of Topliss-reactive ketones (excluding diaryl/α,β-unsaturated/α-hetero) is 1. The van der Waals surface area contributed by atoms with Gasteiger partial charge in [-0.25, -0.2) is 4.79 Å². The molecule has 0 aromatic heterocycles. The first-order valence-electron chi connectivity index (χ1n) is 9.59. The fourth-order valence-electron chi connectivity index (χ4n) is 3.16. The second-order valence-corrected chi connectivity index (χ2v) is 7.79. The van der Waals surface area contributed by atoms with Gasteiger partial charge in [0.2, 0.25) is 5.91 Å². The molecule has 0 aliphatic carbocycles. The molecule has 8 nitrogen and oxygen atoms in total. The Morgan fingerprint density at radius 1 is 0.968 bits per heavy atom. The van der Waals surface area contributed by atoms with E-state index >= 15 is 0 Å². The zero-order valence-electron chi connectivity index (χ0n) is 16.5. The number of ketones is 1. The Kier molecular flexibility index (Phi) is 7.73. The van der Waals surface area contributed by atoms with Crippen molar-refractivity contribution in [3.63, 3.8) is 0 Å². The van der Waals surface area contributed by atoms with E-state index in [4.69, 9.17) is 23.2 Å². The zero-order chi connectivity index (χ0) is 22.4. The van der Waals surface area contributed by atoms with Crippen LogP contribution in [0.4, 0.5) is 21.9 Å². The number of alkyl halides is 1. The predicted molar refractivity (Wildman–Crippen MR) is 121 cm³/mol. The fraction of sp³-hybridized carbons (Fsp3) is 0.286. The molecule has 10 heteroatoms. The molecule has 31 heavy (non-hydrogen) atoms. The SMILES string of the molecule is O=C(CCl)CNc1ccc(NC(=O)[C@H]2C[C@@H](O)CN2C(=O)Nc2ccc(Cl)cc2)cc1. The average Bonchev–Trinajstić information content (AvgIpc) is 3.16. The molecule has 3 rings (SSSR count). The number of nitrogens with zero attached hydrogens (tertiary/aromatic N) is 1. The number of likely N-dealkylation sites (tertiary alicyclic amines) is 1. The van der Waals surface area contributed by atoms with Crippen molar-refractivity contribution < 1.29 is 19.5 Å². The van der Waals surface area contributed by atoms with Crippen molar-refractivity contribution in [1.82, 2.24) is 4.90 Å². The molecule has 4 N–H and O–H groups in total. The molecule has 1 fully saturated rings. The number of aliphatic hydroxyl groups excluding tert-OH is 1. The van der Waals surface area contributed by atoms with E-state index in [0.29, 0.717) is 22.1 Å². The fourth-order valence-corrected chi connectivity index (χ4v) is 3.38. The summed E-state index contributed by atoms with van der Waals surface area (Å²) in [6.45, 7) is 0.168. The number of amides is 3. The number of halogens is 2. The van der Waals surface area contributed by atoms with Crippen LogP contribution in [0.3, 0.4) is 0 Å². The van der Waals surface area contributed by atoms with Crippen LogP contribution in [0.5, 0.6) is 0 Å². The number of β-amino-alcohol motifs (C(OH)–C–C–N with tert-alkyl or cyclic N) is 1. The number of carbonyl (C=O) groups excluding carboxylic acids is 3. The highest BCUT2D eigenvalue weighted by Crippen LogP contribution is 2.22. The summed E-state index contributed by atoms with van der Waals surface area (Å²) in [5.74, 6) is -0.590. The van der Waals surface area contributed by atoms with E-state index in [9.17, 15) is 19.5 Å². The lowest BCUT2D eigenvalue weighted by Gasteiger charge is -2.24. The number of nitrogens with one attached hydrogen (secondary N) is 3. The third kappa shape index (κ3) is 6.33. The highest BCUT2D eigenvalue weighted by atomic mass is 35.5. The van der Waals surface area contributed by atoms with Crippen LogP contribution in [0.15, 0.2) is 48.5 Å². The zero-order valence-corrected chi connectivity index (χ0v) is 18.0. The number of rotatable bonds is 7. The Morgan fingerprint density at radius 3 is 2.19 bits per heavy atom. The van der Waals surface area contributed by atoms with E-state index in [1.165, 1.54) is 4.90 Å². The first kappa shape index (κ1) is 22.9. The summed E-state index contributed by atoms with van der Waals surface area (Å²) in [6, 6.07) is 12.1. The molecule has 3 amide bonds. The van der Waals surface area contributed by atoms with Gasteiger partial charge in [0.05, 0.1) is 18.5 Å². The van der Waals surface area contributed by atoms with Crippen LogP contribution in [0.25, 0.3) is 0 Å². The maximum absolute atomic E-state index is 12.8. The van der Waals surface area contributed by atoms with Gasteiger partial charge in [-0.1, -0.05) is 11.6 Å². The summed E-state index contributed by atoms with van der Waals surface area (Å²) in [5, 5.41) is 19.0. The largest absolute Gasteiger partial charge is 0.391 e. The highest BCUT2D eigenvalue weighted by Gasteiger charge is 2.39. The Labute approximate surface area is 189 Å². The Bertz CT molecular complexity index is 937. The number of hydrogen-bond donors (Lipinski definition) is 4. The van der Waals surface area contributed by atoms with Gasteiger partial charge in [0, 0.05) is 35.1 Å². The van der Waals surface area contributed by atoms with Crippen molar-refractivity contribution in [2.24, 2.45) is 0 Å². The molecule has 0 bridgehead atoms. The highest BCUT2D eigenvalue weighted by molar-refractivity contribution is 6.30. The Balaban J connectivity index is 1.60. The molecular formula is C21H22Cl2N4O4.